The van der Waals surface area contributed by atoms with Gasteiger partial charge in [-0.2, -0.15) is 18.3 Å². The van der Waals surface area contributed by atoms with Crippen LogP contribution in [0, 0.1) is 0 Å². The first kappa shape index (κ1) is 23.1. The fourth-order valence-electron chi connectivity index (χ4n) is 2.22. The van der Waals surface area contributed by atoms with Crippen molar-refractivity contribution in [2.75, 3.05) is 19.7 Å². The Morgan fingerprint density at radius 2 is 1.96 bits per heavy atom. The van der Waals surface area contributed by atoms with E-state index < -0.39 is 11.7 Å². The molecule has 0 spiro atoms. The molecule has 150 valence electrons. The largest absolute Gasteiger partial charge is 0.491 e. The normalized spacial score (nSPS) is 11.7. The second-order valence-electron chi connectivity index (χ2n) is 5.41. The molecule has 2 aromatic rings. The lowest BCUT2D eigenvalue weighted by Crippen LogP contribution is -2.39. The number of hydrogen-bond acceptors (Lipinski definition) is 3. The molecule has 0 amide bonds. The summed E-state index contributed by atoms with van der Waals surface area (Å²) < 4.78 is 45.8. The minimum absolute atomic E-state index is 0. The highest BCUT2D eigenvalue weighted by molar-refractivity contribution is 14.0. The second kappa shape index (κ2) is 11.0. The molecule has 0 unspecified atom stereocenters. The van der Waals surface area contributed by atoms with Gasteiger partial charge in [-0.05, 0) is 25.1 Å². The maximum atomic E-state index is 12.9. The Labute approximate surface area is 173 Å². The first-order valence-corrected chi connectivity index (χ1v) is 8.20. The van der Waals surface area contributed by atoms with E-state index in [0.717, 1.165) is 11.8 Å². The molecular formula is C17H23F3IN5O. The Morgan fingerprint density at radius 1 is 1.22 bits per heavy atom. The Hall–Kier alpha value is -1.98. The summed E-state index contributed by atoms with van der Waals surface area (Å²) in [6.45, 7) is 3.41. The van der Waals surface area contributed by atoms with Crippen LogP contribution in [0.3, 0.4) is 0 Å². The van der Waals surface area contributed by atoms with Crippen molar-refractivity contribution in [3.05, 3.63) is 47.8 Å². The van der Waals surface area contributed by atoms with Crippen molar-refractivity contribution in [2.24, 2.45) is 12.0 Å². The number of alkyl halides is 3. The van der Waals surface area contributed by atoms with Crippen LogP contribution < -0.4 is 15.4 Å². The maximum Gasteiger partial charge on any atom is 0.419 e. The van der Waals surface area contributed by atoms with E-state index in [4.69, 9.17) is 4.74 Å². The molecule has 10 heteroatoms. The number of nitrogens with one attached hydrogen (secondary N) is 2. The van der Waals surface area contributed by atoms with E-state index in [0.29, 0.717) is 25.6 Å². The van der Waals surface area contributed by atoms with E-state index in [1.807, 2.05) is 20.0 Å². The molecule has 0 bridgehead atoms. The van der Waals surface area contributed by atoms with Gasteiger partial charge in [-0.3, -0.25) is 4.68 Å². The number of guanidine groups is 1. The first-order chi connectivity index (χ1) is 12.4. The quantitative estimate of drug-likeness (QED) is 0.267. The molecule has 2 N–H and O–H groups in total. The van der Waals surface area contributed by atoms with Crippen molar-refractivity contribution in [3.8, 4) is 5.75 Å². The zero-order valence-corrected chi connectivity index (χ0v) is 17.4. The Kier molecular flexibility index (Phi) is 9.39. The summed E-state index contributed by atoms with van der Waals surface area (Å²) >= 11 is 0. The van der Waals surface area contributed by atoms with Gasteiger partial charge in [-0.1, -0.05) is 12.1 Å². The van der Waals surface area contributed by atoms with Gasteiger partial charge in [-0.15, -0.1) is 24.0 Å². The van der Waals surface area contributed by atoms with Crippen molar-refractivity contribution in [1.82, 2.24) is 20.4 Å². The minimum Gasteiger partial charge on any atom is -0.491 e. The molecule has 0 saturated heterocycles. The molecule has 6 nitrogen and oxygen atoms in total. The van der Waals surface area contributed by atoms with E-state index in [1.165, 1.54) is 18.2 Å². The van der Waals surface area contributed by atoms with Gasteiger partial charge in [0.05, 0.1) is 24.3 Å². The number of rotatable bonds is 7. The first-order valence-electron chi connectivity index (χ1n) is 8.20. The summed E-state index contributed by atoms with van der Waals surface area (Å²) in [5.41, 5.74) is 0.161. The summed E-state index contributed by atoms with van der Waals surface area (Å²) in [7, 11) is 1.83. The van der Waals surface area contributed by atoms with Gasteiger partial charge in [0.25, 0.3) is 0 Å². The lowest BCUT2D eigenvalue weighted by atomic mass is 10.2. The summed E-state index contributed by atoms with van der Waals surface area (Å²) in [6, 6.07) is 7.02. The maximum absolute atomic E-state index is 12.9. The summed E-state index contributed by atoms with van der Waals surface area (Å²) in [4.78, 5) is 4.42. The minimum atomic E-state index is -4.44. The predicted octanol–water partition coefficient (Wildman–Crippen LogP) is 3.19. The molecule has 27 heavy (non-hydrogen) atoms. The fourth-order valence-corrected chi connectivity index (χ4v) is 2.22. The van der Waals surface area contributed by atoms with E-state index in [-0.39, 0.29) is 36.3 Å². The Balaban J connectivity index is 0.00000364. The van der Waals surface area contributed by atoms with Crippen molar-refractivity contribution in [1.29, 1.82) is 0 Å². The number of benzene rings is 1. The average Bonchev–Trinajstić information content (AvgIpc) is 3.01. The number of aliphatic imine (C=N–C) groups is 1. The lowest BCUT2D eigenvalue weighted by Gasteiger charge is -2.15. The smallest absolute Gasteiger partial charge is 0.419 e. The van der Waals surface area contributed by atoms with Crippen molar-refractivity contribution in [2.45, 2.75) is 19.6 Å². The van der Waals surface area contributed by atoms with Crippen LogP contribution in [-0.4, -0.2) is 35.4 Å². The van der Waals surface area contributed by atoms with Crippen LogP contribution in [0.1, 0.15) is 18.2 Å². The van der Waals surface area contributed by atoms with Gasteiger partial charge >= 0.3 is 6.18 Å². The third kappa shape index (κ3) is 7.27. The van der Waals surface area contributed by atoms with Gasteiger partial charge in [0.1, 0.15) is 12.4 Å². The number of hydrogen-bond donors (Lipinski definition) is 2. The third-order valence-corrected chi connectivity index (χ3v) is 3.51. The monoisotopic (exact) mass is 497 g/mol. The summed E-state index contributed by atoms with van der Waals surface area (Å²) in [5, 5.41) is 10.2. The van der Waals surface area contributed by atoms with Crippen LogP contribution in [0.2, 0.25) is 0 Å². The highest BCUT2D eigenvalue weighted by atomic mass is 127. The zero-order valence-electron chi connectivity index (χ0n) is 15.1. The van der Waals surface area contributed by atoms with Gasteiger partial charge in [0.15, 0.2) is 5.96 Å². The number of halogens is 4. The van der Waals surface area contributed by atoms with E-state index in [9.17, 15) is 13.2 Å². The van der Waals surface area contributed by atoms with Crippen LogP contribution in [0.25, 0.3) is 0 Å². The number of nitrogens with zero attached hydrogens (tertiary/aromatic N) is 3. The van der Waals surface area contributed by atoms with Crippen LogP contribution in [0.15, 0.2) is 41.5 Å². The van der Waals surface area contributed by atoms with E-state index in [2.05, 4.69) is 20.7 Å². The van der Waals surface area contributed by atoms with Crippen molar-refractivity contribution < 1.29 is 17.9 Å². The van der Waals surface area contributed by atoms with Crippen molar-refractivity contribution >= 4 is 29.9 Å². The lowest BCUT2D eigenvalue weighted by molar-refractivity contribution is -0.138. The summed E-state index contributed by atoms with van der Waals surface area (Å²) in [5.74, 6) is 0.375. The fraction of sp³-hybridized carbons (Fsp3) is 0.412. The van der Waals surface area contributed by atoms with Gasteiger partial charge in [-0.25, -0.2) is 4.99 Å². The van der Waals surface area contributed by atoms with Gasteiger partial charge < -0.3 is 15.4 Å². The zero-order chi connectivity index (χ0) is 19.0. The van der Waals surface area contributed by atoms with E-state index in [1.54, 1.807) is 10.9 Å². The predicted molar refractivity (Wildman–Crippen MR) is 108 cm³/mol. The molecule has 1 aromatic heterocycles. The van der Waals surface area contributed by atoms with Crippen molar-refractivity contribution in [3.63, 3.8) is 0 Å². The highest BCUT2D eigenvalue weighted by Crippen LogP contribution is 2.35. The molecule has 1 aromatic carbocycles. The second-order valence-corrected chi connectivity index (χ2v) is 5.41. The highest BCUT2D eigenvalue weighted by Gasteiger charge is 2.33. The topological polar surface area (TPSA) is 63.5 Å². The van der Waals surface area contributed by atoms with Crippen LogP contribution in [0.5, 0.6) is 5.75 Å². The Bertz CT molecular complexity index is 733. The third-order valence-electron chi connectivity index (χ3n) is 3.51. The number of aryl methyl sites for hydroxylation is 1. The molecule has 2 rings (SSSR count). The molecule has 0 saturated carbocycles. The number of para-hydroxylation sites is 1. The molecule has 0 radical (unpaired) electrons. The molecule has 0 aliphatic rings. The molecule has 0 aliphatic heterocycles. The number of aromatic nitrogens is 2. The molecule has 0 fully saturated rings. The molecule has 0 aliphatic carbocycles. The van der Waals surface area contributed by atoms with E-state index >= 15 is 0 Å². The SMILES string of the molecule is CCNC(=NCc1ccnn1C)NCCOc1ccccc1C(F)(F)F.I. The molecule has 0 atom stereocenters. The standard InChI is InChI=1S/C17H22F3N5O.HI/c1-3-21-16(23-12-13-8-9-24-25(13)2)22-10-11-26-15-7-5-4-6-14(15)17(18,19)20;/h4-9H,3,10-12H2,1-2H3,(H2,21,22,23);1H. The molecular weight excluding hydrogens is 474 g/mol. The van der Waals surface area contributed by atoms with Crippen LogP contribution in [-0.2, 0) is 19.8 Å². The number of ether oxygens (including phenoxy) is 1. The Morgan fingerprint density at radius 3 is 2.59 bits per heavy atom. The molecule has 1 heterocycles. The van der Waals surface area contributed by atoms with Crippen LogP contribution in [0.4, 0.5) is 13.2 Å². The van der Waals surface area contributed by atoms with Gasteiger partial charge in [0, 0.05) is 19.8 Å². The van der Waals surface area contributed by atoms with Gasteiger partial charge in [0.2, 0.25) is 0 Å². The summed E-state index contributed by atoms with van der Waals surface area (Å²) in [6.07, 6.45) is -2.75. The average molecular weight is 497 g/mol. The van der Waals surface area contributed by atoms with Crippen LogP contribution >= 0.6 is 24.0 Å².